The number of pyridine rings is 1. The van der Waals surface area contributed by atoms with E-state index >= 15 is 0 Å². The van der Waals surface area contributed by atoms with Gasteiger partial charge in [0.2, 0.25) is 0 Å². The summed E-state index contributed by atoms with van der Waals surface area (Å²) in [6.45, 7) is 5.79. The Kier molecular flexibility index (Phi) is 7.06. The molecule has 0 spiro atoms. The van der Waals surface area contributed by atoms with Gasteiger partial charge in [-0.3, -0.25) is 4.68 Å². The van der Waals surface area contributed by atoms with Crippen molar-refractivity contribution in [2.75, 3.05) is 36.8 Å². The summed E-state index contributed by atoms with van der Waals surface area (Å²) in [5.41, 5.74) is 6.95. The van der Waals surface area contributed by atoms with E-state index in [2.05, 4.69) is 32.2 Å². The number of piperazine rings is 1. The van der Waals surface area contributed by atoms with Crippen molar-refractivity contribution < 1.29 is 22.7 Å². The molecule has 1 amide bonds. The van der Waals surface area contributed by atoms with E-state index in [1.54, 1.807) is 36.3 Å². The number of carbonyl (C=O) groups is 1. The first-order chi connectivity index (χ1) is 16.3. The summed E-state index contributed by atoms with van der Waals surface area (Å²) in [5.74, 6) is 0.473. The van der Waals surface area contributed by atoms with E-state index in [4.69, 9.17) is 15.5 Å². The molecule has 1 saturated heterocycles. The van der Waals surface area contributed by atoms with Crippen molar-refractivity contribution in [3.63, 3.8) is 0 Å². The number of nitrogen functional groups attached to an aromatic ring is 1. The lowest BCUT2D eigenvalue weighted by atomic mass is 10.2. The van der Waals surface area contributed by atoms with E-state index in [1.807, 2.05) is 4.90 Å². The third-order valence-corrected chi connectivity index (χ3v) is 7.14. The Morgan fingerprint density at radius 1 is 1.23 bits per heavy atom. The van der Waals surface area contributed by atoms with Gasteiger partial charge in [0.25, 0.3) is 0 Å². The van der Waals surface area contributed by atoms with E-state index in [0.29, 0.717) is 60.8 Å². The summed E-state index contributed by atoms with van der Waals surface area (Å²) in [6, 6.07) is 1.54. The number of hydrogen-bond donors (Lipinski definition) is 1. The monoisotopic (exact) mass is 624 g/mol. The van der Waals surface area contributed by atoms with E-state index in [9.17, 15) is 18.0 Å². The third-order valence-electron chi connectivity index (χ3n) is 5.25. The molecule has 1 unspecified atom stereocenters. The molecule has 0 saturated carbocycles. The van der Waals surface area contributed by atoms with Crippen molar-refractivity contribution in [2.24, 2.45) is 0 Å². The molecule has 0 bridgehead atoms. The molecule has 2 N–H and O–H groups in total. The standard InChI is InChI=1S/C20H25F3IN8O2P/c1-19(2,3)34-18(33)30-6-4-29(5-7-30)17-12-9-26-31(11-20(21,22)23)15(12)8-14(27-17)16-13(25)10-32(28-16)35-24/h8-10,35H,4-7,11,25H2,1-3H3. The highest BCUT2D eigenvalue weighted by Gasteiger charge is 2.31. The van der Waals surface area contributed by atoms with Gasteiger partial charge in [-0.1, -0.05) is 0 Å². The highest BCUT2D eigenvalue weighted by Crippen LogP contribution is 2.35. The average molecular weight is 624 g/mol. The van der Waals surface area contributed by atoms with Gasteiger partial charge in [-0.2, -0.15) is 23.4 Å². The maximum Gasteiger partial charge on any atom is 0.410 e. The zero-order valence-electron chi connectivity index (χ0n) is 19.3. The molecule has 35 heavy (non-hydrogen) atoms. The highest BCUT2D eigenvalue weighted by atomic mass is 127. The van der Waals surface area contributed by atoms with Crippen LogP contribution in [0.15, 0.2) is 18.5 Å². The molecular weight excluding hydrogens is 599 g/mol. The molecule has 3 aromatic heterocycles. The van der Waals surface area contributed by atoms with Crippen LogP contribution in [0.1, 0.15) is 20.8 Å². The van der Waals surface area contributed by atoms with Crippen molar-refractivity contribution >= 4 is 56.9 Å². The molecule has 4 rings (SSSR count). The molecule has 1 aliphatic rings. The fraction of sp³-hybridized carbons (Fsp3) is 0.500. The minimum Gasteiger partial charge on any atom is -0.444 e. The van der Waals surface area contributed by atoms with Gasteiger partial charge >= 0.3 is 12.3 Å². The number of amides is 1. The summed E-state index contributed by atoms with van der Waals surface area (Å²) in [7, 11) is 0. The van der Waals surface area contributed by atoms with Gasteiger partial charge in [0.1, 0.15) is 23.7 Å². The Bertz CT molecular complexity index is 1230. The number of aromatic nitrogens is 5. The maximum atomic E-state index is 13.2. The lowest BCUT2D eigenvalue weighted by molar-refractivity contribution is -0.141. The molecule has 4 heterocycles. The fourth-order valence-electron chi connectivity index (χ4n) is 3.77. The number of carbonyl (C=O) groups excluding carboxylic acids is 1. The smallest absolute Gasteiger partial charge is 0.410 e. The van der Waals surface area contributed by atoms with Crippen LogP contribution in [0.4, 0.5) is 29.5 Å². The fourth-order valence-corrected chi connectivity index (χ4v) is 4.84. The molecule has 15 heteroatoms. The molecule has 10 nitrogen and oxygen atoms in total. The first-order valence-electron chi connectivity index (χ1n) is 10.7. The first-order valence-corrected chi connectivity index (χ1v) is 14.8. The molecular formula is C20H25F3IN8O2P. The zero-order valence-corrected chi connectivity index (χ0v) is 22.5. The van der Waals surface area contributed by atoms with Crippen molar-refractivity contribution in [2.45, 2.75) is 39.1 Å². The number of halogens is 4. The van der Waals surface area contributed by atoms with Gasteiger partial charge in [0.15, 0.2) is 0 Å². The van der Waals surface area contributed by atoms with E-state index in [0.717, 1.165) is 4.68 Å². The van der Waals surface area contributed by atoms with Crippen molar-refractivity contribution in [3.05, 3.63) is 18.5 Å². The second-order valence-electron chi connectivity index (χ2n) is 9.10. The predicted octanol–water partition coefficient (Wildman–Crippen LogP) is 4.29. The number of rotatable bonds is 4. The van der Waals surface area contributed by atoms with Crippen LogP contribution >= 0.6 is 28.4 Å². The minimum absolute atomic E-state index is 0.280. The highest BCUT2D eigenvalue weighted by molar-refractivity contribution is 14.2. The summed E-state index contributed by atoms with van der Waals surface area (Å²) in [5, 5.41) is 8.91. The van der Waals surface area contributed by atoms with Gasteiger partial charge in [-0.25, -0.2) is 14.2 Å². The van der Waals surface area contributed by atoms with E-state index in [1.165, 1.54) is 12.3 Å². The van der Waals surface area contributed by atoms with Crippen LogP contribution in [0.2, 0.25) is 0 Å². The van der Waals surface area contributed by atoms with Crippen LogP contribution in [-0.2, 0) is 11.3 Å². The molecule has 190 valence electrons. The molecule has 0 radical (unpaired) electrons. The molecule has 0 aromatic carbocycles. The summed E-state index contributed by atoms with van der Waals surface area (Å²) in [6.07, 6.45) is -1.48. The minimum atomic E-state index is -4.44. The van der Waals surface area contributed by atoms with Gasteiger partial charge in [0.05, 0.1) is 41.1 Å². The summed E-state index contributed by atoms with van der Waals surface area (Å²) < 4.78 is 47.6. The largest absolute Gasteiger partial charge is 0.444 e. The zero-order chi connectivity index (χ0) is 25.5. The van der Waals surface area contributed by atoms with Crippen molar-refractivity contribution in [3.8, 4) is 11.4 Å². The number of fused-ring (bicyclic) bond motifs is 1. The molecule has 0 aliphatic carbocycles. The molecule has 1 fully saturated rings. The van der Waals surface area contributed by atoms with Crippen LogP contribution in [0.5, 0.6) is 0 Å². The Hall–Kier alpha value is -2.35. The Balaban J connectivity index is 1.70. The van der Waals surface area contributed by atoms with Crippen molar-refractivity contribution in [1.82, 2.24) is 29.2 Å². The lowest BCUT2D eigenvalue weighted by Gasteiger charge is -2.36. The predicted molar refractivity (Wildman–Crippen MR) is 137 cm³/mol. The third kappa shape index (κ3) is 5.90. The SMILES string of the molecule is CC(C)(C)OC(=O)N1CCN(c2nc(-c3nn(PI)cc3N)cc3c2cnn3CC(F)(F)F)CC1. The molecule has 1 aliphatic heterocycles. The summed E-state index contributed by atoms with van der Waals surface area (Å²) in [4.78, 5) is 20.7. The number of hydrogen-bond acceptors (Lipinski definition) is 7. The van der Waals surface area contributed by atoms with Gasteiger partial charge in [-0.05, 0) is 48.9 Å². The Labute approximate surface area is 214 Å². The van der Waals surface area contributed by atoms with E-state index < -0.39 is 24.4 Å². The van der Waals surface area contributed by atoms with Crippen LogP contribution in [-0.4, -0.2) is 73.3 Å². The second kappa shape index (κ2) is 9.60. The number of ether oxygens (including phenoxy) is 1. The summed E-state index contributed by atoms with van der Waals surface area (Å²) >= 11 is 2.16. The number of alkyl halides is 3. The topological polar surface area (TPSA) is 107 Å². The second-order valence-corrected chi connectivity index (χ2v) is 11.2. The van der Waals surface area contributed by atoms with Crippen molar-refractivity contribution in [1.29, 1.82) is 0 Å². The quantitative estimate of drug-likeness (QED) is 0.341. The normalized spacial score (nSPS) is 15.5. The first kappa shape index (κ1) is 25.7. The van der Waals surface area contributed by atoms with E-state index in [-0.39, 0.29) is 5.52 Å². The number of nitrogens with zero attached hydrogens (tertiary/aromatic N) is 7. The Morgan fingerprint density at radius 2 is 1.91 bits per heavy atom. The van der Waals surface area contributed by atoms with Gasteiger partial charge in [-0.15, -0.1) is 0 Å². The van der Waals surface area contributed by atoms with Gasteiger partial charge in [0, 0.05) is 26.2 Å². The van der Waals surface area contributed by atoms with Crippen LogP contribution in [0.3, 0.4) is 0 Å². The molecule has 1 atom stereocenters. The number of anilines is 2. The lowest BCUT2D eigenvalue weighted by Crippen LogP contribution is -2.50. The van der Waals surface area contributed by atoms with Crippen LogP contribution < -0.4 is 10.6 Å². The van der Waals surface area contributed by atoms with Crippen LogP contribution in [0.25, 0.3) is 22.3 Å². The van der Waals surface area contributed by atoms with Gasteiger partial charge < -0.3 is 20.3 Å². The molecule has 3 aromatic rings. The maximum absolute atomic E-state index is 13.2. The van der Waals surface area contributed by atoms with Crippen LogP contribution in [0, 0.1) is 0 Å². The Morgan fingerprint density at radius 3 is 2.49 bits per heavy atom. The number of nitrogens with two attached hydrogens (primary N) is 1. The average Bonchev–Trinajstić information content (AvgIpc) is 3.34.